The number of benzene rings is 2. The standard InChI is InChI=1S/C17H17NO2/c1-18(17(19)20-2)16-11-7-6-10-15(16)13-12-14-8-4-3-5-9-14/h3-13H,1-2H3. The number of amides is 1. The maximum absolute atomic E-state index is 11.6. The van der Waals surface area contributed by atoms with E-state index in [0.717, 1.165) is 16.8 Å². The van der Waals surface area contributed by atoms with E-state index in [-0.39, 0.29) is 6.09 Å². The summed E-state index contributed by atoms with van der Waals surface area (Å²) < 4.78 is 4.75. The second-order valence-corrected chi connectivity index (χ2v) is 4.33. The number of methoxy groups -OCH3 is 1. The van der Waals surface area contributed by atoms with E-state index in [1.54, 1.807) is 7.05 Å². The molecule has 1 amide bonds. The lowest BCUT2D eigenvalue weighted by Crippen LogP contribution is -2.26. The van der Waals surface area contributed by atoms with Gasteiger partial charge in [0, 0.05) is 7.05 Å². The van der Waals surface area contributed by atoms with E-state index in [9.17, 15) is 4.79 Å². The molecule has 3 heteroatoms. The summed E-state index contributed by atoms with van der Waals surface area (Å²) in [5.41, 5.74) is 2.89. The Morgan fingerprint density at radius 3 is 2.35 bits per heavy atom. The van der Waals surface area contributed by atoms with Crippen molar-refractivity contribution in [2.75, 3.05) is 19.1 Å². The zero-order chi connectivity index (χ0) is 14.4. The molecule has 0 radical (unpaired) electrons. The topological polar surface area (TPSA) is 29.5 Å². The second kappa shape index (κ2) is 6.57. The van der Waals surface area contributed by atoms with E-state index in [1.165, 1.54) is 12.0 Å². The summed E-state index contributed by atoms with van der Waals surface area (Å²) in [6.45, 7) is 0. The number of para-hydroxylation sites is 1. The minimum absolute atomic E-state index is 0.384. The van der Waals surface area contributed by atoms with Gasteiger partial charge in [-0.25, -0.2) is 4.79 Å². The fourth-order valence-electron chi connectivity index (χ4n) is 1.92. The molecular formula is C17H17NO2. The fraction of sp³-hybridized carbons (Fsp3) is 0.118. The lowest BCUT2D eigenvalue weighted by atomic mass is 10.1. The molecule has 0 spiro atoms. The van der Waals surface area contributed by atoms with Gasteiger partial charge in [-0.3, -0.25) is 4.90 Å². The van der Waals surface area contributed by atoms with E-state index >= 15 is 0 Å². The smallest absolute Gasteiger partial charge is 0.413 e. The normalized spacial score (nSPS) is 10.5. The van der Waals surface area contributed by atoms with Crippen LogP contribution in [0.5, 0.6) is 0 Å². The average molecular weight is 267 g/mol. The lowest BCUT2D eigenvalue weighted by Gasteiger charge is -2.17. The summed E-state index contributed by atoms with van der Waals surface area (Å²) in [6.07, 6.45) is 3.62. The molecule has 0 atom stereocenters. The SMILES string of the molecule is COC(=O)N(C)c1ccccc1C=Cc1ccccc1. The van der Waals surface area contributed by atoms with Gasteiger partial charge in [-0.2, -0.15) is 0 Å². The van der Waals surface area contributed by atoms with Gasteiger partial charge >= 0.3 is 6.09 Å². The second-order valence-electron chi connectivity index (χ2n) is 4.33. The molecule has 0 N–H and O–H groups in total. The van der Waals surface area contributed by atoms with Crippen molar-refractivity contribution in [1.82, 2.24) is 0 Å². The Bertz CT molecular complexity index is 605. The van der Waals surface area contributed by atoms with Crippen LogP contribution < -0.4 is 4.90 Å². The van der Waals surface area contributed by atoms with Crippen LogP contribution in [-0.2, 0) is 4.74 Å². The minimum Gasteiger partial charge on any atom is -0.452 e. The first-order chi connectivity index (χ1) is 9.72. The van der Waals surface area contributed by atoms with Crippen LogP contribution in [0.15, 0.2) is 54.6 Å². The first-order valence-electron chi connectivity index (χ1n) is 6.36. The van der Waals surface area contributed by atoms with Gasteiger partial charge in [-0.1, -0.05) is 60.7 Å². The van der Waals surface area contributed by atoms with Gasteiger partial charge in [-0.15, -0.1) is 0 Å². The van der Waals surface area contributed by atoms with E-state index in [2.05, 4.69) is 0 Å². The maximum atomic E-state index is 11.6. The number of carbonyl (C=O) groups excluding carboxylic acids is 1. The van der Waals surface area contributed by atoms with Gasteiger partial charge in [-0.05, 0) is 17.2 Å². The van der Waals surface area contributed by atoms with Crippen LogP contribution in [0.1, 0.15) is 11.1 Å². The highest BCUT2D eigenvalue weighted by Crippen LogP contribution is 2.22. The molecule has 0 bridgehead atoms. The molecule has 0 unspecified atom stereocenters. The summed E-state index contributed by atoms with van der Waals surface area (Å²) in [7, 11) is 3.07. The van der Waals surface area contributed by atoms with Crippen molar-refractivity contribution in [3.05, 3.63) is 65.7 Å². The minimum atomic E-state index is -0.384. The highest BCUT2D eigenvalue weighted by Gasteiger charge is 2.12. The van der Waals surface area contributed by atoms with Gasteiger partial charge in [0.1, 0.15) is 0 Å². The average Bonchev–Trinajstić information content (AvgIpc) is 2.52. The number of hydrogen-bond acceptors (Lipinski definition) is 2. The monoisotopic (exact) mass is 267 g/mol. The van der Waals surface area contributed by atoms with Crippen LogP contribution in [-0.4, -0.2) is 20.3 Å². The number of anilines is 1. The third-order valence-electron chi connectivity index (χ3n) is 3.00. The predicted octanol–water partition coefficient (Wildman–Crippen LogP) is 4.06. The largest absolute Gasteiger partial charge is 0.452 e. The summed E-state index contributed by atoms with van der Waals surface area (Å²) in [5.74, 6) is 0. The van der Waals surface area contributed by atoms with Crippen molar-refractivity contribution in [2.45, 2.75) is 0 Å². The number of nitrogens with zero attached hydrogens (tertiary/aromatic N) is 1. The van der Waals surface area contributed by atoms with Crippen molar-refractivity contribution < 1.29 is 9.53 Å². The number of hydrogen-bond donors (Lipinski definition) is 0. The predicted molar refractivity (Wildman–Crippen MR) is 82.6 cm³/mol. The summed E-state index contributed by atoms with van der Waals surface area (Å²) in [4.78, 5) is 13.1. The van der Waals surface area contributed by atoms with Crippen molar-refractivity contribution in [3.63, 3.8) is 0 Å². The van der Waals surface area contributed by atoms with Crippen LogP contribution in [0.4, 0.5) is 10.5 Å². The van der Waals surface area contributed by atoms with Crippen LogP contribution in [0, 0.1) is 0 Å². The van der Waals surface area contributed by atoms with Crippen molar-refractivity contribution >= 4 is 23.9 Å². The Balaban J connectivity index is 2.29. The Hall–Kier alpha value is -2.55. The first kappa shape index (κ1) is 13.9. The Kier molecular flexibility index (Phi) is 4.56. The van der Waals surface area contributed by atoms with Gasteiger partial charge in [0.25, 0.3) is 0 Å². The number of carbonyl (C=O) groups is 1. The summed E-state index contributed by atoms with van der Waals surface area (Å²) >= 11 is 0. The molecule has 2 aromatic rings. The molecule has 0 aliphatic carbocycles. The molecule has 20 heavy (non-hydrogen) atoms. The van der Waals surface area contributed by atoms with E-state index in [4.69, 9.17) is 4.74 Å². The third-order valence-corrected chi connectivity index (χ3v) is 3.00. The van der Waals surface area contributed by atoms with Gasteiger partial charge in [0.15, 0.2) is 0 Å². The lowest BCUT2D eigenvalue weighted by molar-refractivity contribution is 0.180. The molecule has 0 aliphatic heterocycles. The number of ether oxygens (including phenoxy) is 1. The molecule has 2 aromatic carbocycles. The highest BCUT2D eigenvalue weighted by atomic mass is 16.5. The first-order valence-corrected chi connectivity index (χ1v) is 6.36. The maximum Gasteiger partial charge on any atom is 0.413 e. The van der Waals surface area contributed by atoms with Gasteiger partial charge in [0.2, 0.25) is 0 Å². The van der Waals surface area contributed by atoms with Crippen LogP contribution in [0.25, 0.3) is 12.2 Å². The van der Waals surface area contributed by atoms with Crippen LogP contribution >= 0.6 is 0 Å². The van der Waals surface area contributed by atoms with Gasteiger partial charge in [0.05, 0.1) is 12.8 Å². The van der Waals surface area contributed by atoms with Crippen molar-refractivity contribution in [2.24, 2.45) is 0 Å². The molecule has 2 rings (SSSR count). The summed E-state index contributed by atoms with van der Waals surface area (Å²) in [5, 5.41) is 0. The molecule has 0 heterocycles. The molecule has 0 saturated heterocycles. The number of rotatable bonds is 3. The van der Waals surface area contributed by atoms with Crippen molar-refractivity contribution in [1.29, 1.82) is 0 Å². The van der Waals surface area contributed by atoms with Gasteiger partial charge < -0.3 is 4.74 Å². The molecule has 0 saturated carbocycles. The van der Waals surface area contributed by atoms with E-state index in [1.807, 2.05) is 66.7 Å². The Morgan fingerprint density at radius 2 is 1.65 bits per heavy atom. The highest BCUT2D eigenvalue weighted by molar-refractivity contribution is 5.91. The molecule has 0 aromatic heterocycles. The molecular weight excluding hydrogens is 250 g/mol. The van der Waals surface area contributed by atoms with E-state index in [0.29, 0.717) is 0 Å². The molecule has 0 aliphatic rings. The Morgan fingerprint density at radius 1 is 1.00 bits per heavy atom. The van der Waals surface area contributed by atoms with E-state index < -0.39 is 0 Å². The third kappa shape index (κ3) is 3.26. The zero-order valence-electron chi connectivity index (χ0n) is 11.6. The van der Waals surface area contributed by atoms with Crippen LogP contribution in [0.2, 0.25) is 0 Å². The summed E-state index contributed by atoms with van der Waals surface area (Å²) in [6, 6.07) is 17.7. The zero-order valence-corrected chi connectivity index (χ0v) is 11.6. The van der Waals surface area contributed by atoms with Crippen molar-refractivity contribution in [3.8, 4) is 0 Å². The Labute approximate surface area is 119 Å². The molecule has 3 nitrogen and oxygen atoms in total. The molecule has 102 valence electrons. The molecule has 0 fully saturated rings. The quantitative estimate of drug-likeness (QED) is 0.785. The fourth-order valence-corrected chi connectivity index (χ4v) is 1.92. The van der Waals surface area contributed by atoms with Crippen LogP contribution in [0.3, 0.4) is 0 Å².